The summed E-state index contributed by atoms with van der Waals surface area (Å²) >= 11 is 12.5. The van der Waals surface area contributed by atoms with Gasteiger partial charge in [-0.05, 0) is 90.7 Å². The van der Waals surface area contributed by atoms with Crippen LogP contribution in [0.25, 0.3) is 11.1 Å². The Morgan fingerprint density at radius 1 is 0.808 bits per heavy atom. The number of halogens is 2. The van der Waals surface area contributed by atoms with E-state index in [1.54, 1.807) is 0 Å². The molecule has 1 N–H and O–H groups in total. The molecule has 1 nitrogen and oxygen atoms in total. The van der Waals surface area contributed by atoms with Gasteiger partial charge in [-0.15, -0.1) is 0 Å². The maximum Gasteiger partial charge on any atom is 0.126 e. The average molecular weight is 387 g/mol. The van der Waals surface area contributed by atoms with Gasteiger partial charge in [-0.25, -0.2) is 0 Å². The molecule has 0 heterocycles. The molecule has 3 fully saturated rings. The predicted octanol–water partition coefficient (Wildman–Crippen LogP) is 7.30. The molecular weight excluding hydrogens is 363 g/mol. The van der Waals surface area contributed by atoms with Gasteiger partial charge < -0.3 is 5.11 Å². The van der Waals surface area contributed by atoms with E-state index in [1.807, 2.05) is 36.4 Å². The summed E-state index contributed by atoms with van der Waals surface area (Å²) in [5, 5.41) is 12.5. The summed E-state index contributed by atoms with van der Waals surface area (Å²) in [7, 11) is 0. The topological polar surface area (TPSA) is 20.2 Å². The number of phenols is 1. The Hall–Kier alpha value is -1.18. The van der Waals surface area contributed by atoms with Crippen LogP contribution < -0.4 is 0 Å². The molecule has 2 aromatic carbocycles. The zero-order chi connectivity index (χ0) is 17.8. The zero-order valence-electron chi connectivity index (χ0n) is 14.8. The van der Waals surface area contributed by atoms with Gasteiger partial charge in [0.2, 0.25) is 0 Å². The molecule has 0 spiro atoms. The Bertz CT molecular complexity index is 829. The fourth-order valence-corrected chi connectivity index (χ4v) is 6.70. The van der Waals surface area contributed by atoms with Crippen LogP contribution in [0, 0.1) is 23.7 Å². The number of hydrogen-bond acceptors (Lipinski definition) is 1. The highest BCUT2D eigenvalue weighted by atomic mass is 35.5. The molecule has 0 aromatic heterocycles. The van der Waals surface area contributed by atoms with Gasteiger partial charge in [-0.3, -0.25) is 0 Å². The van der Waals surface area contributed by atoms with Crippen LogP contribution in [0.5, 0.6) is 5.75 Å². The number of benzene rings is 2. The van der Waals surface area contributed by atoms with Crippen LogP contribution in [0.3, 0.4) is 0 Å². The van der Waals surface area contributed by atoms with Gasteiger partial charge in [0.05, 0.1) is 0 Å². The molecule has 0 amide bonds. The van der Waals surface area contributed by atoms with Crippen molar-refractivity contribution in [2.75, 3.05) is 0 Å². The minimum absolute atomic E-state index is 0.418. The molecule has 5 rings (SSSR count). The van der Waals surface area contributed by atoms with Gasteiger partial charge in [-0.1, -0.05) is 48.2 Å². The summed E-state index contributed by atoms with van der Waals surface area (Å²) in [6, 6.07) is 11.5. The highest BCUT2D eigenvalue weighted by Crippen LogP contribution is 2.63. The molecule has 3 saturated carbocycles. The molecule has 0 aliphatic heterocycles. The van der Waals surface area contributed by atoms with E-state index in [9.17, 15) is 5.11 Å². The second kappa shape index (κ2) is 6.46. The molecule has 0 radical (unpaired) electrons. The van der Waals surface area contributed by atoms with Crippen molar-refractivity contribution in [3.63, 3.8) is 0 Å². The molecule has 2 aromatic rings. The Morgan fingerprint density at radius 2 is 1.54 bits per heavy atom. The van der Waals surface area contributed by atoms with Crippen LogP contribution in [-0.4, -0.2) is 5.11 Å². The number of hydrogen-bond donors (Lipinski definition) is 1. The van der Waals surface area contributed by atoms with Gasteiger partial charge in [0.15, 0.2) is 0 Å². The summed E-state index contributed by atoms with van der Waals surface area (Å²) in [4.78, 5) is 0. The Balaban J connectivity index is 1.53. The molecule has 136 valence electrons. The van der Waals surface area contributed by atoms with Crippen molar-refractivity contribution in [3.8, 4) is 16.9 Å². The first-order valence-corrected chi connectivity index (χ1v) is 10.7. The minimum Gasteiger partial charge on any atom is -0.507 e. The van der Waals surface area contributed by atoms with Crippen LogP contribution >= 0.6 is 23.2 Å². The van der Waals surface area contributed by atoms with Crippen LogP contribution in [0.4, 0.5) is 0 Å². The Morgan fingerprint density at radius 3 is 2.31 bits per heavy atom. The lowest BCUT2D eigenvalue weighted by atomic mass is 9.66. The normalized spacial score (nSPS) is 32.6. The summed E-state index contributed by atoms with van der Waals surface area (Å²) in [5.74, 6) is 4.28. The maximum absolute atomic E-state index is 11.1. The number of fused-ring (bicyclic) bond motifs is 5. The van der Waals surface area contributed by atoms with Crippen LogP contribution in [-0.2, 0) is 0 Å². The van der Waals surface area contributed by atoms with Crippen LogP contribution in [0.2, 0.25) is 10.0 Å². The van der Waals surface area contributed by atoms with Gasteiger partial charge in [0.25, 0.3) is 0 Å². The fraction of sp³-hybridized carbons (Fsp3) is 0.478. The quantitative estimate of drug-likeness (QED) is 0.573. The zero-order valence-corrected chi connectivity index (χ0v) is 16.3. The number of aromatic hydroxyl groups is 1. The summed E-state index contributed by atoms with van der Waals surface area (Å²) in [5.41, 5.74) is 2.86. The van der Waals surface area contributed by atoms with Crippen molar-refractivity contribution in [1.82, 2.24) is 0 Å². The molecule has 5 atom stereocenters. The molecule has 3 aliphatic carbocycles. The SMILES string of the molecule is Oc1c(-c2ccc(Cl)cc2)cc(Cl)cc1C1CC2CC1C1CCCCC21. The standard InChI is InChI=1S/C23H24Cl2O/c24-15-7-5-13(6-8-15)19-11-16(25)12-22(23(19)26)21-10-14-9-20(21)18-4-2-1-3-17(14)18/h5-8,11-12,14,17-18,20-21,26H,1-4,9-10H2. The predicted molar refractivity (Wildman–Crippen MR) is 108 cm³/mol. The van der Waals surface area contributed by atoms with E-state index in [4.69, 9.17) is 23.2 Å². The summed E-state index contributed by atoms with van der Waals surface area (Å²) in [6.07, 6.45) is 8.18. The lowest BCUT2D eigenvalue weighted by Gasteiger charge is -2.39. The third kappa shape index (κ3) is 2.67. The first-order valence-electron chi connectivity index (χ1n) is 9.90. The Labute approximate surface area is 165 Å². The van der Waals surface area contributed by atoms with Gasteiger partial charge in [0.1, 0.15) is 5.75 Å². The van der Waals surface area contributed by atoms with E-state index in [2.05, 4.69) is 0 Å². The number of phenolic OH excluding ortho intramolecular Hbond substituents is 1. The lowest BCUT2D eigenvalue weighted by Crippen LogP contribution is -2.29. The molecule has 0 saturated heterocycles. The van der Waals surface area contributed by atoms with Crippen LogP contribution in [0.15, 0.2) is 36.4 Å². The van der Waals surface area contributed by atoms with E-state index in [1.165, 1.54) is 38.5 Å². The van der Waals surface area contributed by atoms with Crippen molar-refractivity contribution in [2.45, 2.75) is 44.4 Å². The third-order valence-electron chi connectivity index (χ3n) is 7.34. The van der Waals surface area contributed by atoms with Crippen molar-refractivity contribution in [1.29, 1.82) is 0 Å². The highest BCUT2D eigenvalue weighted by Gasteiger charge is 2.53. The average Bonchev–Trinajstić information content (AvgIpc) is 3.24. The second-order valence-corrected chi connectivity index (χ2v) is 9.38. The summed E-state index contributed by atoms with van der Waals surface area (Å²) < 4.78 is 0. The van der Waals surface area contributed by atoms with E-state index in [0.717, 1.165) is 40.4 Å². The molecule has 26 heavy (non-hydrogen) atoms. The highest BCUT2D eigenvalue weighted by molar-refractivity contribution is 6.31. The molecule has 2 bridgehead atoms. The van der Waals surface area contributed by atoms with Crippen molar-refractivity contribution < 1.29 is 5.11 Å². The fourth-order valence-electron chi connectivity index (χ4n) is 6.35. The number of rotatable bonds is 2. The van der Waals surface area contributed by atoms with Gasteiger partial charge in [-0.2, -0.15) is 0 Å². The van der Waals surface area contributed by atoms with Crippen molar-refractivity contribution in [2.24, 2.45) is 23.7 Å². The summed E-state index contributed by atoms with van der Waals surface area (Å²) in [6.45, 7) is 0. The van der Waals surface area contributed by atoms with E-state index in [-0.39, 0.29) is 0 Å². The molecule has 3 aliphatic rings. The first kappa shape index (κ1) is 17.0. The molecule has 5 unspecified atom stereocenters. The smallest absolute Gasteiger partial charge is 0.126 e. The lowest BCUT2D eigenvalue weighted by molar-refractivity contribution is 0.141. The molecule has 3 heteroatoms. The van der Waals surface area contributed by atoms with E-state index < -0.39 is 0 Å². The molecular formula is C23H24Cl2O. The second-order valence-electron chi connectivity index (χ2n) is 8.51. The first-order chi connectivity index (χ1) is 12.6. The van der Waals surface area contributed by atoms with Gasteiger partial charge >= 0.3 is 0 Å². The third-order valence-corrected chi connectivity index (χ3v) is 7.81. The van der Waals surface area contributed by atoms with E-state index >= 15 is 0 Å². The monoisotopic (exact) mass is 386 g/mol. The minimum atomic E-state index is 0.418. The van der Waals surface area contributed by atoms with Gasteiger partial charge in [0, 0.05) is 15.6 Å². The van der Waals surface area contributed by atoms with Crippen LogP contribution in [0.1, 0.15) is 50.0 Å². The maximum atomic E-state index is 11.1. The van der Waals surface area contributed by atoms with E-state index in [0.29, 0.717) is 21.7 Å². The van der Waals surface area contributed by atoms with Crippen molar-refractivity contribution in [3.05, 3.63) is 52.0 Å². The largest absolute Gasteiger partial charge is 0.507 e. The van der Waals surface area contributed by atoms with Crippen molar-refractivity contribution >= 4 is 23.2 Å². The Kier molecular flexibility index (Phi) is 4.21.